The lowest BCUT2D eigenvalue weighted by Crippen LogP contribution is -2.15. The molecule has 1 unspecified atom stereocenters. The number of rotatable bonds is 8. The zero-order chi connectivity index (χ0) is 27.7. The summed E-state index contributed by atoms with van der Waals surface area (Å²) >= 11 is 18.9. The van der Waals surface area contributed by atoms with Gasteiger partial charge in [-0.3, -0.25) is 0 Å². The Morgan fingerprint density at radius 1 is 1.03 bits per heavy atom. The highest BCUT2D eigenvalue weighted by Gasteiger charge is 2.33. The van der Waals surface area contributed by atoms with Crippen LogP contribution in [0.5, 0.6) is 5.75 Å². The van der Waals surface area contributed by atoms with Gasteiger partial charge in [0.05, 0.1) is 19.0 Å². The number of pyridine rings is 1. The fourth-order valence-corrected chi connectivity index (χ4v) is 5.47. The predicted molar refractivity (Wildman–Crippen MR) is 152 cm³/mol. The molecule has 0 radical (unpaired) electrons. The maximum atomic E-state index is 12.7. The molecule has 0 saturated heterocycles. The molecule has 0 spiro atoms. The van der Waals surface area contributed by atoms with Crippen LogP contribution >= 0.6 is 34.8 Å². The van der Waals surface area contributed by atoms with Crippen LogP contribution in [0.4, 0.5) is 0 Å². The van der Waals surface area contributed by atoms with Gasteiger partial charge in [-0.25, -0.2) is 14.5 Å². The molecule has 0 amide bonds. The van der Waals surface area contributed by atoms with Crippen LogP contribution in [0, 0.1) is 13.8 Å². The molecule has 4 aromatic rings. The molecule has 0 fully saturated rings. The third-order valence-electron chi connectivity index (χ3n) is 6.66. The molecule has 0 bridgehead atoms. The van der Waals surface area contributed by atoms with E-state index in [-0.39, 0.29) is 22.7 Å². The molecule has 4 rings (SSSR count). The van der Waals surface area contributed by atoms with Gasteiger partial charge in [0.25, 0.3) is 0 Å². The van der Waals surface area contributed by atoms with Crippen LogP contribution in [0.2, 0.25) is 15.2 Å². The number of carbonyl (C=O) groups is 1. The Hall–Kier alpha value is -3.06. The molecule has 1 N–H and O–H groups in total. The number of ether oxygens (including phenoxy) is 1. The minimum absolute atomic E-state index is 0.0391. The number of carboxylic acid groups (broad SMARTS) is 1. The highest BCUT2D eigenvalue weighted by atomic mass is 35.5. The van der Waals surface area contributed by atoms with E-state index in [0.717, 1.165) is 27.9 Å². The van der Waals surface area contributed by atoms with Gasteiger partial charge in [0.15, 0.2) is 11.4 Å². The van der Waals surface area contributed by atoms with Gasteiger partial charge in [-0.2, -0.15) is 5.10 Å². The van der Waals surface area contributed by atoms with E-state index < -0.39 is 5.97 Å². The molecule has 2 heterocycles. The molecule has 9 heteroatoms. The Morgan fingerprint density at radius 3 is 2.34 bits per heavy atom. The molecular formula is C29H28Cl3N3O3. The van der Waals surface area contributed by atoms with Gasteiger partial charge in [0, 0.05) is 27.6 Å². The molecular weight excluding hydrogens is 545 g/mol. The molecule has 2 aromatic heterocycles. The van der Waals surface area contributed by atoms with Crippen LogP contribution in [0.25, 0.3) is 5.69 Å². The second-order valence-electron chi connectivity index (χ2n) is 9.53. The third kappa shape index (κ3) is 5.53. The zero-order valence-corrected chi connectivity index (χ0v) is 24.0. The number of methoxy groups -OCH3 is 1. The number of benzene rings is 2. The van der Waals surface area contributed by atoms with Gasteiger partial charge >= 0.3 is 5.97 Å². The van der Waals surface area contributed by atoms with Gasteiger partial charge in [0.1, 0.15) is 10.8 Å². The third-order valence-corrected chi connectivity index (χ3v) is 7.34. The number of halogens is 3. The number of aromatic carboxylic acids is 1. The predicted octanol–water partition coefficient (Wildman–Crippen LogP) is 8.05. The SMILES string of the molecule is COc1cnc(Cl)cc1-n1nc(C(=O)O)c(C(Cc2cc(Cl)ccc2C)c2ccc(Cl)cc2C)c1C(C)C. The van der Waals surface area contributed by atoms with Crippen molar-refractivity contribution in [1.82, 2.24) is 14.8 Å². The number of hydrogen-bond acceptors (Lipinski definition) is 4. The van der Waals surface area contributed by atoms with Crippen LogP contribution < -0.4 is 4.74 Å². The molecule has 6 nitrogen and oxygen atoms in total. The maximum absolute atomic E-state index is 12.7. The van der Waals surface area contributed by atoms with E-state index in [4.69, 9.17) is 39.5 Å². The van der Waals surface area contributed by atoms with Gasteiger partial charge in [-0.15, -0.1) is 0 Å². The van der Waals surface area contributed by atoms with E-state index in [2.05, 4.69) is 10.1 Å². The highest BCUT2D eigenvalue weighted by Crippen LogP contribution is 2.41. The monoisotopic (exact) mass is 571 g/mol. The number of aryl methyl sites for hydroxylation is 2. The van der Waals surface area contributed by atoms with Crippen LogP contribution in [-0.4, -0.2) is 33.0 Å². The Labute approximate surface area is 237 Å². The number of carboxylic acids is 1. The normalized spacial score (nSPS) is 12.1. The van der Waals surface area contributed by atoms with Crippen LogP contribution in [0.1, 0.15) is 69.7 Å². The quantitative estimate of drug-likeness (QED) is 0.216. The highest BCUT2D eigenvalue weighted by molar-refractivity contribution is 6.31. The molecule has 0 saturated carbocycles. The second-order valence-corrected chi connectivity index (χ2v) is 10.8. The van der Waals surface area contributed by atoms with E-state index in [0.29, 0.717) is 33.5 Å². The molecule has 38 heavy (non-hydrogen) atoms. The Bertz CT molecular complexity index is 1510. The Kier molecular flexibility index (Phi) is 8.36. The Morgan fingerprint density at radius 2 is 1.71 bits per heavy atom. The van der Waals surface area contributed by atoms with E-state index >= 15 is 0 Å². The van der Waals surface area contributed by atoms with Crippen molar-refractivity contribution in [1.29, 1.82) is 0 Å². The van der Waals surface area contributed by atoms with Crippen molar-refractivity contribution < 1.29 is 14.6 Å². The van der Waals surface area contributed by atoms with Gasteiger partial charge in [-0.1, -0.05) is 60.8 Å². The van der Waals surface area contributed by atoms with Gasteiger partial charge in [0.2, 0.25) is 0 Å². The average molecular weight is 573 g/mol. The number of nitrogens with zero attached hydrogens (tertiary/aromatic N) is 3. The lowest BCUT2D eigenvalue weighted by atomic mass is 9.80. The summed E-state index contributed by atoms with van der Waals surface area (Å²) in [6.07, 6.45) is 2.01. The van der Waals surface area contributed by atoms with Gasteiger partial charge < -0.3 is 9.84 Å². The second kappa shape index (κ2) is 11.4. The van der Waals surface area contributed by atoms with Gasteiger partial charge in [-0.05, 0) is 72.7 Å². The summed E-state index contributed by atoms with van der Waals surface area (Å²) in [4.78, 5) is 16.8. The topological polar surface area (TPSA) is 77.2 Å². The summed E-state index contributed by atoms with van der Waals surface area (Å²) in [6.45, 7) is 8.01. The minimum atomic E-state index is -1.13. The molecule has 0 aliphatic heterocycles. The number of hydrogen-bond donors (Lipinski definition) is 1. The first-order chi connectivity index (χ1) is 18.0. The van der Waals surface area contributed by atoms with Crippen LogP contribution in [0.15, 0.2) is 48.7 Å². The largest absolute Gasteiger partial charge is 0.493 e. The van der Waals surface area contributed by atoms with E-state index in [1.165, 1.54) is 13.3 Å². The van der Waals surface area contributed by atoms with Crippen LogP contribution in [-0.2, 0) is 6.42 Å². The first kappa shape index (κ1) is 28.0. The lowest BCUT2D eigenvalue weighted by Gasteiger charge is -2.24. The summed E-state index contributed by atoms with van der Waals surface area (Å²) in [7, 11) is 1.52. The van der Waals surface area contributed by atoms with Crippen molar-refractivity contribution in [3.8, 4) is 11.4 Å². The molecule has 0 aliphatic rings. The fraction of sp³-hybridized carbons (Fsp3) is 0.276. The van der Waals surface area contributed by atoms with Crippen molar-refractivity contribution in [3.63, 3.8) is 0 Å². The smallest absolute Gasteiger partial charge is 0.356 e. The standard InChI is InChI=1S/C29H28Cl3N3O3/c1-15(2)28-26(27(29(36)37)34-35(28)23-13-25(32)33-14-24(23)38-5)22(21-9-8-19(30)10-17(21)4)12-18-11-20(31)7-6-16(18)3/h6-11,13-15,22H,12H2,1-5H3,(H,36,37). The molecule has 1 atom stereocenters. The first-order valence-electron chi connectivity index (χ1n) is 12.1. The summed E-state index contributed by atoms with van der Waals surface area (Å²) in [6, 6.07) is 13.0. The van der Waals surface area contributed by atoms with E-state index in [1.54, 1.807) is 10.7 Å². The van der Waals surface area contributed by atoms with Crippen molar-refractivity contribution in [2.45, 2.75) is 46.0 Å². The molecule has 0 aliphatic carbocycles. The molecule has 198 valence electrons. The fourth-order valence-electron chi connectivity index (χ4n) is 4.89. The first-order valence-corrected chi connectivity index (χ1v) is 13.2. The summed E-state index contributed by atoms with van der Waals surface area (Å²) in [5, 5.41) is 16.5. The van der Waals surface area contributed by atoms with Crippen LogP contribution in [0.3, 0.4) is 0 Å². The minimum Gasteiger partial charge on any atom is -0.493 e. The van der Waals surface area contributed by atoms with Crippen molar-refractivity contribution in [2.24, 2.45) is 0 Å². The summed E-state index contributed by atoms with van der Waals surface area (Å²) in [5.74, 6) is -1.16. The van der Waals surface area contributed by atoms with E-state index in [9.17, 15) is 9.90 Å². The van der Waals surface area contributed by atoms with Crippen molar-refractivity contribution >= 4 is 40.8 Å². The Balaban J connectivity index is 2.08. The van der Waals surface area contributed by atoms with Crippen molar-refractivity contribution in [2.75, 3.05) is 7.11 Å². The average Bonchev–Trinajstić information content (AvgIpc) is 3.26. The number of aromatic nitrogens is 3. The summed E-state index contributed by atoms with van der Waals surface area (Å²) in [5.41, 5.74) is 5.81. The maximum Gasteiger partial charge on any atom is 0.356 e. The zero-order valence-electron chi connectivity index (χ0n) is 21.7. The van der Waals surface area contributed by atoms with E-state index in [1.807, 2.05) is 64.1 Å². The molecule has 2 aromatic carbocycles. The summed E-state index contributed by atoms with van der Waals surface area (Å²) < 4.78 is 7.17. The van der Waals surface area contributed by atoms with Crippen molar-refractivity contribution in [3.05, 3.63) is 103 Å². The lowest BCUT2D eigenvalue weighted by molar-refractivity contribution is 0.0688.